The Hall–Kier alpha value is -1.89. The molecule has 1 saturated heterocycles. The molecule has 1 fully saturated rings. The monoisotopic (exact) mass is 332 g/mol. The van der Waals surface area contributed by atoms with Crippen LogP contribution in [-0.4, -0.2) is 40.1 Å². The maximum absolute atomic E-state index is 12.3. The van der Waals surface area contributed by atoms with Gasteiger partial charge in [0.1, 0.15) is 0 Å². The van der Waals surface area contributed by atoms with Crippen LogP contribution in [0.3, 0.4) is 0 Å². The van der Waals surface area contributed by atoms with Gasteiger partial charge in [0.15, 0.2) is 0 Å². The topological polar surface area (TPSA) is 58.6 Å². The lowest BCUT2D eigenvalue weighted by Gasteiger charge is -2.30. The van der Waals surface area contributed by atoms with E-state index in [1.165, 1.54) is 0 Å². The number of likely N-dealkylation sites (N-methyl/N-ethyl adjacent to an activating group) is 1. The van der Waals surface area contributed by atoms with E-state index in [1.54, 1.807) is 42.5 Å². The van der Waals surface area contributed by atoms with E-state index in [1.807, 2.05) is 12.1 Å². The van der Waals surface area contributed by atoms with Crippen molar-refractivity contribution >= 4 is 15.7 Å². The Balaban J connectivity index is 1.73. The number of hydrogen-bond donors (Lipinski definition) is 1. The lowest BCUT2D eigenvalue weighted by Crippen LogP contribution is -2.35. The van der Waals surface area contributed by atoms with Gasteiger partial charge in [0.2, 0.25) is 0 Å². The predicted molar refractivity (Wildman–Crippen MR) is 89.9 cm³/mol. The molecule has 0 aromatic heterocycles. The first kappa shape index (κ1) is 16.0. The smallest absolute Gasteiger partial charge is 0.261 e. The van der Waals surface area contributed by atoms with Gasteiger partial charge in [-0.25, -0.2) is 8.42 Å². The lowest BCUT2D eigenvalue weighted by atomic mass is 10.1. The molecular formula is C17H20N2O3S. The Morgan fingerprint density at radius 2 is 1.78 bits per heavy atom. The first-order valence-corrected chi connectivity index (χ1v) is 9.01. The van der Waals surface area contributed by atoms with Crippen LogP contribution in [0.1, 0.15) is 11.7 Å². The number of ether oxygens (including phenoxy) is 1. The summed E-state index contributed by atoms with van der Waals surface area (Å²) in [4.78, 5) is 2.47. The fourth-order valence-corrected chi connectivity index (χ4v) is 3.64. The Morgan fingerprint density at radius 1 is 1.09 bits per heavy atom. The summed E-state index contributed by atoms with van der Waals surface area (Å²) < 4.78 is 32.9. The summed E-state index contributed by atoms with van der Waals surface area (Å²) in [7, 11) is -1.48. The minimum atomic E-state index is -3.55. The van der Waals surface area contributed by atoms with Gasteiger partial charge in [0.25, 0.3) is 10.0 Å². The minimum Gasteiger partial charge on any atom is -0.371 e. The molecule has 122 valence electrons. The molecule has 5 nitrogen and oxygen atoms in total. The summed E-state index contributed by atoms with van der Waals surface area (Å²) in [5, 5.41) is 0. The number of nitrogens with one attached hydrogen (secondary N) is 1. The maximum Gasteiger partial charge on any atom is 0.261 e. The molecule has 1 heterocycles. The van der Waals surface area contributed by atoms with Gasteiger partial charge in [-0.2, -0.15) is 0 Å². The van der Waals surface area contributed by atoms with Gasteiger partial charge in [-0.1, -0.05) is 30.3 Å². The second kappa shape index (κ2) is 6.70. The molecule has 2 aromatic rings. The molecule has 1 aliphatic heterocycles. The van der Waals surface area contributed by atoms with Gasteiger partial charge < -0.3 is 9.64 Å². The molecule has 2 aromatic carbocycles. The molecule has 23 heavy (non-hydrogen) atoms. The van der Waals surface area contributed by atoms with E-state index in [2.05, 4.69) is 16.7 Å². The van der Waals surface area contributed by atoms with Crippen LogP contribution in [0, 0.1) is 0 Å². The molecule has 1 N–H and O–H groups in total. The number of anilines is 1. The maximum atomic E-state index is 12.3. The van der Waals surface area contributed by atoms with Crippen LogP contribution in [0.5, 0.6) is 0 Å². The molecule has 0 bridgehead atoms. The number of rotatable bonds is 4. The number of benzene rings is 2. The molecule has 0 saturated carbocycles. The number of nitrogens with zero attached hydrogens (tertiary/aromatic N) is 1. The summed E-state index contributed by atoms with van der Waals surface area (Å²) in [5.74, 6) is 0. The molecule has 0 radical (unpaired) electrons. The second-order valence-electron chi connectivity index (χ2n) is 5.66. The largest absolute Gasteiger partial charge is 0.371 e. The third-order valence-corrected chi connectivity index (χ3v) is 5.25. The number of morpholine rings is 1. The second-order valence-corrected chi connectivity index (χ2v) is 7.34. The van der Waals surface area contributed by atoms with E-state index in [0.29, 0.717) is 12.3 Å². The highest BCUT2D eigenvalue weighted by Gasteiger charge is 2.19. The summed E-state index contributed by atoms with van der Waals surface area (Å²) in [5.41, 5.74) is 1.60. The average molecular weight is 332 g/mol. The lowest BCUT2D eigenvalue weighted by molar-refractivity contribution is -0.0208. The van der Waals surface area contributed by atoms with Crippen molar-refractivity contribution in [2.24, 2.45) is 0 Å². The highest BCUT2D eigenvalue weighted by molar-refractivity contribution is 7.92. The van der Waals surface area contributed by atoms with Crippen LogP contribution in [0.2, 0.25) is 0 Å². The molecule has 0 aliphatic carbocycles. The van der Waals surface area contributed by atoms with E-state index < -0.39 is 10.0 Å². The van der Waals surface area contributed by atoms with E-state index in [0.717, 1.165) is 18.7 Å². The Labute approximate surface area is 136 Å². The van der Waals surface area contributed by atoms with Gasteiger partial charge in [-0.3, -0.25) is 4.72 Å². The van der Waals surface area contributed by atoms with E-state index in [-0.39, 0.29) is 11.0 Å². The normalized spacial score (nSPS) is 19.4. The zero-order valence-electron chi connectivity index (χ0n) is 13.0. The van der Waals surface area contributed by atoms with Crippen LogP contribution in [0.25, 0.3) is 0 Å². The zero-order valence-corrected chi connectivity index (χ0v) is 13.8. The van der Waals surface area contributed by atoms with E-state index in [9.17, 15) is 8.42 Å². The molecule has 0 spiro atoms. The van der Waals surface area contributed by atoms with Gasteiger partial charge in [0.05, 0.1) is 17.6 Å². The highest BCUT2D eigenvalue weighted by atomic mass is 32.2. The molecule has 1 atom stereocenters. The van der Waals surface area contributed by atoms with E-state index >= 15 is 0 Å². The van der Waals surface area contributed by atoms with Crippen LogP contribution in [0.15, 0.2) is 59.5 Å². The van der Waals surface area contributed by atoms with Crippen LogP contribution < -0.4 is 4.72 Å². The van der Waals surface area contributed by atoms with Crippen molar-refractivity contribution in [2.75, 3.05) is 31.5 Å². The zero-order chi connectivity index (χ0) is 16.3. The minimum absolute atomic E-state index is 0.0357. The van der Waals surface area contributed by atoms with Gasteiger partial charge >= 0.3 is 0 Å². The third kappa shape index (κ3) is 3.90. The molecule has 6 heteroatoms. The van der Waals surface area contributed by atoms with Gasteiger partial charge in [0, 0.05) is 18.8 Å². The summed E-state index contributed by atoms with van der Waals surface area (Å²) >= 11 is 0. The number of hydrogen-bond acceptors (Lipinski definition) is 4. The first-order valence-electron chi connectivity index (χ1n) is 7.52. The molecular weight excluding hydrogens is 312 g/mol. The SMILES string of the molecule is CN1CCOC(c2ccc(NS(=O)(=O)c3ccccc3)cc2)C1. The van der Waals surface area contributed by atoms with E-state index in [4.69, 9.17) is 4.74 Å². The Bertz CT molecular complexity index is 745. The van der Waals surface area contributed by atoms with Gasteiger partial charge in [-0.05, 0) is 36.9 Å². The quantitative estimate of drug-likeness (QED) is 0.934. The van der Waals surface area contributed by atoms with Crippen molar-refractivity contribution in [1.82, 2.24) is 4.90 Å². The molecule has 1 unspecified atom stereocenters. The standard InChI is InChI=1S/C17H20N2O3S/c1-19-11-12-22-17(13-19)14-7-9-15(10-8-14)18-23(20,21)16-5-3-2-4-6-16/h2-10,17-18H,11-13H2,1H3. The molecule has 0 amide bonds. The summed E-state index contributed by atoms with van der Waals surface area (Å²) in [6.45, 7) is 2.49. The van der Waals surface area contributed by atoms with Crippen LogP contribution in [-0.2, 0) is 14.8 Å². The summed E-state index contributed by atoms with van der Waals surface area (Å²) in [6.07, 6.45) is 0.0357. The van der Waals surface area contributed by atoms with Crippen molar-refractivity contribution in [1.29, 1.82) is 0 Å². The summed E-state index contributed by atoms with van der Waals surface area (Å²) in [6, 6.07) is 15.7. The fraction of sp³-hybridized carbons (Fsp3) is 0.294. The predicted octanol–water partition coefficient (Wildman–Crippen LogP) is 2.49. The Morgan fingerprint density at radius 3 is 2.43 bits per heavy atom. The first-order chi connectivity index (χ1) is 11.0. The van der Waals surface area contributed by atoms with Crippen molar-refractivity contribution in [2.45, 2.75) is 11.0 Å². The van der Waals surface area contributed by atoms with Gasteiger partial charge in [-0.15, -0.1) is 0 Å². The van der Waals surface area contributed by atoms with Crippen molar-refractivity contribution in [3.63, 3.8) is 0 Å². The molecule has 1 aliphatic rings. The highest BCUT2D eigenvalue weighted by Crippen LogP contribution is 2.24. The van der Waals surface area contributed by atoms with Crippen molar-refractivity contribution in [3.8, 4) is 0 Å². The van der Waals surface area contributed by atoms with Crippen LogP contribution >= 0.6 is 0 Å². The van der Waals surface area contributed by atoms with Crippen LogP contribution in [0.4, 0.5) is 5.69 Å². The average Bonchev–Trinajstić information content (AvgIpc) is 2.56. The fourth-order valence-electron chi connectivity index (χ4n) is 2.56. The van der Waals surface area contributed by atoms with Crippen molar-refractivity contribution in [3.05, 3.63) is 60.2 Å². The molecule has 3 rings (SSSR count). The van der Waals surface area contributed by atoms with Crippen molar-refractivity contribution < 1.29 is 13.2 Å². The number of sulfonamides is 1. The Kier molecular flexibility index (Phi) is 4.66. The third-order valence-electron chi connectivity index (χ3n) is 3.86.